The van der Waals surface area contributed by atoms with Crippen molar-refractivity contribution in [2.75, 3.05) is 36.5 Å². The zero-order valence-corrected chi connectivity index (χ0v) is 13.6. The highest BCUT2D eigenvalue weighted by atomic mass is 16.5. The zero-order valence-electron chi connectivity index (χ0n) is 13.6. The zero-order chi connectivity index (χ0) is 16.2. The fraction of sp³-hybridized carbons (Fsp3) is 0.316. The Labute approximate surface area is 137 Å². The minimum atomic E-state index is -0.0766. The first-order chi connectivity index (χ1) is 11.1. The largest absolute Gasteiger partial charge is 0.378 e. The summed E-state index contributed by atoms with van der Waals surface area (Å²) >= 11 is 0. The molecule has 0 atom stereocenters. The van der Waals surface area contributed by atoms with Gasteiger partial charge in [0, 0.05) is 30.0 Å². The van der Waals surface area contributed by atoms with E-state index in [9.17, 15) is 4.79 Å². The molecular weight excluding hydrogens is 288 g/mol. The van der Waals surface area contributed by atoms with Gasteiger partial charge in [-0.25, -0.2) is 0 Å². The van der Waals surface area contributed by atoms with Crippen molar-refractivity contribution in [1.82, 2.24) is 0 Å². The van der Waals surface area contributed by atoms with Gasteiger partial charge in [-0.2, -0.15) is 0 Å². The first kappa shape index (κ1) is 15.6. The molecule has 4 nitrogen and oxygen atoms in total. The second-order valence-electron chi connectivity index (χ2n) is 5.92. The molecule has 1 fully saturated rings. The number of carbonyl (C=O) groups is 1. The Kier molecular flexibility index (Phi) is 4.63. The topological polar surface area (TPSA) is 41.6 Å². The lowest BCUT2D eigenvalue weighted by molar-refractivity contribution is 0.102. The van der Waals surface area contributed by atoms with E-state index in [4.69, 9.17) is 4.74 Å². The van der Waals surface area contributed by atoms with Crippen LogP contribution in [0.2, 0.25) is 0 Å². The van der Waals surface area contributed by atoms with E-state index in [1.165, 1.54) is 0 Å². The number of rotatable bonds is 3. The fourth-order valence-corrected chi connectivity index (χ4v) is 2.66. The average molecular weight is 310 g/mol. The molecule has 0 radical (unpaired) electrons. The maximum absolute atomic E-state index is 12.4. The summed E-state index contributed by atoms with van der Waals surface area (Å²) in [6, 6.07) is 13.8. The van der Waals surface area contributed by atoms with Crippen molar-refractivity contribution in [3.05, 3.63) is 59.2 Å². The fourth-order valence-electron chi connectivity index (χ4n) is 2.66. The van der Waals surface area contributed by atoms with Gasteiger partial charge < -0.3 is 15.0 Å². The van der Waals surface area contributed by atoms with E-state index in [1.54, 1.807) is 0 Å². The number of aryl methyl sites for hydroxylation is 2. The highest BCUT2D eigenvalue weighted by molar-refractivity contribution is 6.04. The predicted molar refractivity (Wildman–Crippen MR) is 93.3 cm³/mol. The van der Waals surface area contributed by atoms with Crippen LogP contribution in [0, 0.1) is 13.8 Å². The summed E-state index contributed by atoms with van der Waals surface area (Å²) < 4.78 is 5.40. The number of nitrogens with one attached hydrogen (secondary N) is 1. The molecule has 2 aromatic carbocycles. The summed E-state index contributed by atoms with van der Waals surface area (Å²) in [7, 11) is 0. The van der Waals surface area contributed by atoms with Crippen molar-refractivity contribution in [2.24, 2.45) is 0 Å². The molecule has 1 N–H and O–H groups in total. The Morgan fingerprint density at radius 3 is 2.43 bits per heavy atom. The van der Waals surface area contributed by atoms with Crippen LogP contribution in [0.5, 0.6) is 0 Å². The van der Waals surface area contributed by atoms with Crippen LogP contribution in [-0.4, -0.2) is 32.2 Å². The van der Waals surface area contributed by atoms with Crippen LogP contribution in [0.4, 0.5) is 11.4 Å². The average Bonchev–Trinajstić information content (AvgIpc) is 2.58. The van der Waals surface area contributed by atoms with E-state index in [2.05, 4.69) is 22.3 Å². The minimum absolute atomic E-state index is 0.0766. The number of hydrogen-bond acceptors (Lipinski definition) is 3. The third-order valence-corrected chi connectivity index (χ3v) is 4.16. The molecule has 4 heteroatoms. The monoisotopic (exact) mass is 310 g/mol. The van der Waals surface area contributed by atoms with Gasteiger partial charge in [-0.05, 0) is 43.7 Å². The Morgan fingerprint density at radius 2 is 1.74 bits per heavy atom. The van der Waals surface area contributed by atoms with Crippen LogP contribution in [0.1, 0.15) is 21.5 Å². The molecule has 0 bridgehead atoms. The molecule has 3 rings (SSSR count). The van der Waals surface area contributed by atoms with Gasteiger partial charge in [0.05, 0.1) is 13.2 Å². The van der Waals surface area contributed by atoms with E-state index in [-0.39, 0.29) is 5.91 Å². The lowest BCUT2D eigenvalue weighted by Gasteiger charge is -2.29. The minimum Gasteiger partial charge on any atom is -0.378 e. The van der Waals surface area contributed by atoms with Gasteiger partial charge in [-0.3, -0.25) is 4.79 Å². The van der Waals surface area contributed by atoms with E-state index in [0.29, 0.717) is 5.56 Å². The van der Waals surface area contributed by atoms with Gasteiger partial charge in [-0.15, -0.1) is 0 Å². The number of morpholine rings is 1. The lowest BCUT2D eigenvalue weighted by Crippen LogP contribution is -2.36. The van der Waals surface area contributed by atoms with Crippen molar-refractivity contribution in [3.8, 4) is 0 Å². The smallest absolute Gasteiger partial charge is 0.255 e. The normalized spacial score (nSPS) is 14.6. The second kappa shape index (κ2) is 6.84. The number of hydrogen-bond donors (Lipinski definition) is 1. The van der Waals surface area contributed by atoms with E-state index >= 15 is 0 Å². The molecule has 2 aromatic rings. The predicted octanol–water partition coefficient (Wildman–Crippen LogP) is 3.39. The van der Waals surface area contributed by atoms with Crippen LogP contribution >= 0.6 is 0 Å². The van der Waals surface area contributed by atoms with E-state index in [1.807, 2.05) is 44.2 Å². The number of carbonyl (C=O) groups excluding carboxylic acids is 1. The first-order valence-corrected chi connectivity index (χ1v) is 7.95. The van der Waals surface area contributed by atoms with Gasteiger partial charge >= 0.3 is 0 Å². The molecule has 23 heavy (non-hydrogen) atoms. The molecule has 0 aromatic heterocycles. The highest BCUT2D eigenvalue weighted by Crippen LogP contribution is 2.24. The van der Waals surface area contributed by atoms with Crippen LogP contribution in [0.15, 0.2) is 42.5 Å². The molecule has 120 valence electrons. The Bertz CT molecular complexity index is 689. The second-order valence-corrected chi connectivity index (χ2v) is 5.92. The summed E-state index contributed by atoms with van der Waals surface area (Å²) in [5.74, 6) is -0.0766. The number of nitrogens with zero attached hydrogens (tertiary/aromatic N) is 1. The van der Waals surface area contributed by atoms with Crippen LogP contribution in [0.25, 0.3) is 0 Å². The number of ether oxygens (including phenoxy) is 1. The maximum atomic E-state index is 12.4. The number of amides is 1. The highest BCUT2D eigenvalue weighted by Gasteiger charge is 2.13. The maximum Gasteiger partial charge on any atom is 0.255 e. The van der Waals surface area contributed by atoms with Crippen LogP contribution < -0.4 is 10.2 Å². The molecule has 1 aliphatic rings. The summed E-state index contributed by atoms with van der Waals surface area (Å²) in [5.41, 5.74) is 4.86. The summed E-state index contributed by atoms with van der Waals surface area (Å²) in [4.78, 5) is 14.7. The Morgan fingerprint density at radius 1 is 1.04 bits per heavy atom. The van der Waals surface area contributed by atoms with Gasteiger partial charge in [0.2, 0.25) is 0 Å². The van der Waals surface area contributed by atoms with Crippen molar-refractivity contribution >= 4 is 17.3 Å². The molecule has 1 amide bonds. The third kappa shape index (κ3) is 3.71. The summed E-state index contributed by atoms with van der Waals surface area (Å²) in [6.07, 6.45) is 0. The molecule has 0 unspecified atom stereocenters. The standard InChI is InChI=1S/C19H22N2O2/c1-14-3-6-16(7-4-14)19(22)20-18-13-17(8-5-15(18)2)21-9-11-23-12-10-21/h3-8,13H,9-12H2,1-2H3,(H,20,22). The quantitative estimate of drug-likeness (QED) is 0.945. The molecule has 0 saturated carbocycles. The van der Waals surface area contributed by atoms with Gasteiger partial charge in [-0.1, -0.05) is 23.8 Å². The lowest BCUT2D eigenvalue weighted by atomic mass is 10.1. The molecule has 1 heterocycles. The Balaban J connectivity index is 1.78. The summed E-state index contributed by atoms with van der Waals surface area (Å²) in [5, 5.41) is 3.03. The van der Waals surface area contributed by atoms with Crippen molar-refractivity contribution in [1.29, 1.82) is 0 Å². The molecular formula is C19H22N2O2. The van der Waals surface area contributed by atoms with Gasteiger partial charge in [0.25, 0.3) is 5.91 Å². The van der Waals surface area contributed by atoms with E-state index in [0.717, 1.165) is 48.8 Å². The third-order valence-electron chi connectivity index (χ3n) is 4.16. The van der Waals surface area contributed by atoms with Crippen LogP contribution in [-0.2, 0) is 4.74 Å². The molecule has 0 aliphatic carbocycles. The van der Waals surface area contributed by atoms with Crippen LogP contribution in [0.3, 0.4) is 0 Å². The Hall–Kier alpha value is -2.33. The number of benzene rings is 2. The van der Waals surface area contributed by atoms with Gasteiger partial charge in [0.1, 0.15) is 0 Å². The molecule has 1 aliphatic heterocycles. The van der Waals surface area contributed by atoms with Gasteiger partial charge in [0.15, 0.2) is 0 Å². The van der Waals surface area contributed by atoms with Crippen molar-refractivity contribution in [2.45, 2.75) is 13.8 Å². The van der Waals surface area contributed by atoms with E-state index < -0.39 is 0 Å². The molecule has 1 saturated heterocycles. The van der Waals surface area contributed by atoms with Crippen molar-refractivity contribution < 1.29 is 9.53 Å². The molecule has 0 spiro atoms. The SMILES string of the molecule is Cc1ccc(C(=O)Nc2cc(N3CCOCC3)ccc2C)cc1. The van der Waals surface area contributed by atoms with Crippen molar-refractivity contribution in [3.63, 3.8) is 0 Å². The number of anilines is 2. The summed E-state index contributed by atoms with van der Waals surface area (Å²) in [6.45, 7) is 7.28. The first-order valence-electron chi connectivity index (χ1n) is 7.95.